The second-order valence-corrected chi connectivity index (χ2v) is 6.32. The Morgan fingerprint density at radius 1 is 0.963 bits per heavy atom. The maximum absolute atomic E-state index is 11.9. The minimum Gasteiger partial charge on any atom is -0.478 e. The summed E-state index contributed by atoms with van der Waals surface area (Å²) in [4.78, 5) is 23.8. The van der Waals surface area contributed by atoms with Crippen molar-refractivity contribution in [1.29, 1.82) is 0 Å². The molecule has 0 amide bonds. The van der Waals surface area contributed by atoms with Crippen molar-refractivity contribution in [3.63, 3.8) is 0 Å². The van der Waals surface area contributed by atoms with Crippen molar-refractivity contribution in [3.8, 4) is 11.5 Å². The van der Waals surface area contributed by atoms with Crippen LogP contribution >= 0.6 is 11.7 Å². The number of fused-ring (bicyclic) bond motifs is 2. The lowest BCUT2D eigenvalue weighted by molar-refractivity contribution is -0.134. The van der Waals surface area contributed by atoms with Crippen LogP contribution in [0.15, 0.2) is 42.0 Å². The Balaban J connectivity index is 1.81. The van der Waals surface area contributed by atoms with Gasteiger partial charge in [0, 0.05) is 6.42 Å². The third-order valence-electron chi connectivity index (χ3n) is 4.13. The lowest BCUT2D eigenvalue weighted by Gasteiger charge is -2.10. The fraction of sp³-hybridized carbons (Fsp3) is 0.111. The Bertz CT molecular complexity index is 1100. The van der Waals surface area contributed by atoms with Crippen LogP contribution in [-0.4, -0.2) is 37.7 Å². The van der Waals surface area contributed by atoms with Crippen LogP contribution in [0.5, 0.6) is 11.5 Å². The van der Waals surface area contributed by atoms with E-state index >= 15 is 0 Å². The minimum absolute atomic E-state index is 0.0824. The maximum atomic E-state index is 11.9. The van der Waals surface area contributed by atoms with Gasteiger partial charge in [-0.25, -0.2) is 9.59 Å². The van der Waals surface area contributed by atoms with Crippen LogP contribution < -0.4 is 9.47 Å². The number of rotatable bonds is 5. The molecule has 0 unspecified atom stereocenters. The van der Waals surface area contributed by atoms with E-state index in [0.717, 1.165) is 11.7 Å². The van der Waals surface area contributed by atoms with Crippen LogP contribution in [0, 0.1) is 0 Å². The summed E-state index contributed by atoms with van der Waals surface area (Å²) < 4.78 is 18.7. The normalized spacial score (nSPS) is 13.5. The minimum atomic E-state index is -1.32. The zero-order valence-corrected chi connectivity index (χ0v) is 14.5. The van der Waals surface area contributed by atoms with Gasteiger partial charge in [-0.1, -0.05) is 12.1 Å². The maximum Gasteiger partial charge on any atom is 0.336 e. The first kappa shape index (κ1) is 17.0. The summed E-state index contributed by atoms with van der Waals surface area (Å²) in [6.45, 7) is 0.0997. The first-order chi connectivity index (χ1) is 13.0. The number of ether oxygens (including phenoxy) is 2. The van der Waals surface area contributed by atoms with E-state index in [2.05, 4.69) is 8.75 Å². The van der Waals surface area contributed by atoms with Crippen LogP contribution in [0.25, 0.3) is 16.6 Å². The number of hydrogen-bond acceptors (Lipinski definition) is 7. The molecule has 9 heteroatoms. The smallest absolute Gasteiger partial charge is 0.336 e. The van der Waals surface area contributed by atoms with Crippen molar-refractivity contribution in [3.05, 3.63) is 53.1 Å². The fourth-order valence-electron chi connectivity index (χ4n) is 2.89. The highest BCUT2D eigenvalue weighted by atomic mass is 32.1. The van der Waals surface area contributed by atoms with Crippen LogP contribution in [0.4, 0.5) is 0 Å². The van der Waals surface area contributed by atoms with E-state index in [0.29, 0.717) is 28.1 Å². The molecule has 4 rings (SSSR count). The Kier molecular flexibility index (Phi) is 4.21. The van der Waals surface area contributed by atoms with Gasteiger partial charge >= 0.3 is 11.9 Å². The first-order valence-corrected chi connectivity index (χ1v) is 8.57. The molecular weight excluding hydrogens is 372 g/mol. The van der Waals surface area contributed by atoms with Crippen LogP contribution in [0.3, 0.4) is 0 Å². The molecule has 0 saturated heterocycles. The molecule has 2 heterocycles. The van der Waals surface area contributed by atoms with Gasteiger partial charge < -0.3 is 19.7 Å². The van der Waals surface area contributed by atoms with Gasteiger partial charge in [0.1, 0.15) is 11.0 Å². The number of nitrogens with zero attached hydrogens (tertiary/aromatic N) is 2. The van der Waals surface area contributed by atoms with Gasteiger partial charge in [-0.05, 0) is 35.4 Å². The predicted octanol–water partition coefficient (Wildman–Crippen LogP) is 2.59. The second-order valence-electron chi connectivity index (χ2n) is 5.80. The molecule has 2 N–H and O–H groups in total. The SMILES string of the molecule is O=C(O)/C(Cc1ccc2c(c1)OCO2)=C(\C(=O)O)c1ccc2nsnc2c1. The van der Waals surface area contributed by atoms with E-state index in [9.17, 15) is 19.8 Å². The predicted molar refractivity (Wildman–Crippen MR) is 95.9 cm³/mol. The highest BCUT2D eigenvalue weighted by Crippen LogP contribution is 2.34. The van der Waals surface area contributed by atoms with E-state index in [1.165, 1.54) is 12.1 Å². The molecule has 0 spiro atoms. The molecule has 0 bridgehead atoms. The molecule has 0 fully saturated rings. The van der Waals surface area contributed by atoms with E-state index < -0.39 is 11.9 Å². The number of carboxylic acids is 2. The molecule has 1 aromatic heterocycles. The summed E-state index contributed by atoms with van der Waals surface area (Å²) in [5.41, 5.74) is 1.50. The number of aliphatic carboxylic acids is 2. The van der Waals surface area contributed by atoms with E-state index in [4.69, 9.17) is 9.47 Å². The van der Waals surface area contributed by atoms with Crippen molar-refractivity contribution in [2.75, 3.05) is 6.79 Å². The van der Waals surface area contributed by atoms with Crippen molar-refractivity contribution < 1.29 is 29.3 Å². The highest BCUT2D eigenvalue weighted by molar-refractivity contribution is 7.00. The standard InChI is InChI=1S/C18H12N2O6S/c21-17(22)11(5-9-1-4-14-15(6-9)26-8-25-14)16(18(23)24)10-2-3-12-13(7-10)20-27-19-12/h1-4,6-7H,5,8H2,(H,21,22)(H,23,24)/b16-11-. The molecule has 0 aliphatic carbocycles. The van der Waals surface area contributed by atoms with Gasteiger partial charge in [0.05, 0.1) is 22.9 Å². The van der Waals surface area contributed by atoms with Crippen molar-refractivity contribution >= 4 is 40.3 Å². The Morgan fingerprint density at radius 3 is 2.52 bits per heavy atom. The van der Waals surface area contributed by atoms with Gasteiger partial charge in [0.15, 0.2) is 11.5 Å². The zero-order chi connectivity index (χ0) is 19.0. The second kappa shape index (κ2) is 6.69. The lowest BCUT2D eigenvalue weighted by Crippen LogP contribution is -2.13. The number of carbonyl (C=O) groups is 2. The third kappa shape index (κ3) is 3.20. The van der Waals surface area contributed by atoms with Gasteiger partial charge in [0.25, 0.3) is 0 Å². The van der Waals surface area contributed by atoms with E-state index in [1.807, 2.05) is 0 Å². The quantitative estimate of drug-likeness (QED) is 0.644. The summed E-state index contributed by atoms with van der Waals surface area (Å²) in [6.07, 6.45) is -0.0824. The molecule has 3 aromatic rings. The van der Waals surface area contributed by atoms with E-state index in [-0.39, 0.29) is 29.9 Å². The van der Waals surface area contributed by atoms with Crippen molar-refractivity contribution in [2.24, 2.45) is 0 Å². The molecule has 136 valence electrons. The third-order valence-corrected chi connectivity index (χ3v) is 4.69. The summed E-state index contributed by atoms with van der Waals surface area (Å²) in [5, 5.41) is 19.4. The van der Waals surface area contributed by atoms with Crippen molar-refractivity contribution in [1.82, 2.24) is 8.75 Å². The molecular formula is C18H12N2O6S. The fourth-order valence-corrected chi connectivity index (χ4v) is 3.41. The molecule has 1 aliphatic rings. The lowest BCUT2D eigenvalue weighted by atomic mass is 9.94. The number of carboxylic acid groups (broad SMARTS) is 2. The summed E-state index contributed by atoms with van der Waals surface area (Å²) >= 11 is 1.00. The van der Waals surface area contributed by atoms with Gasteiger partial charge in [-0.15, -0.1) is 0 Å². The zero-order valence-electron chi connectivity index (χ0n) is 13.7. The molecule has 0 atom stereocenters. The molecule has 0 radical (unpaired) electrons. The number of aromatic nitrogens is 2. The summed E-state index contributed by atoms with van der Waals surface area (Å²) in [6, 6.07) is 9.70. The van der Waals surface area contributed by atoms with Crippen LogP contribution in [-0.2, 0) is 16.0 Å². The number of hydrogen-bond donors (Lipinski definition) is 2. The molecule has 1 aliphatic heterocycles. The average molecular weight is 384 g/mol. The summed E-state index contributed by atoms with van der Waals surface area (Å²) in [5.74, 6) is -1.55. The van der Waals surface area contributed by atoms with Crippen molar-refractivity contribution in [2.45, 2.75) is 6.42 Å². The topological polar surface area (TPSA) is 119 Å². The van der Waals surface area contributed by atoms with E-state index in [1.54, 1.807) is 24.3 Å². The molecule has 0 saturated carbocycles. The van der Waals surface area contributed by atoms with Gasteiger partial charge in [-0.2, -0.15) is 8.75 Å². The first-order valence-electron chi connectivity index (χ1n) is 7.84. The molecule has 8 nitrogen and oxygen atoms in total. The molecule has 2 aromatic carbocycles. The Morgan fingerprint density at radius 2 is 1.74 bits per heavy atom. The summed E-state index contributed by atoms with van der Waals surface area (Å²) in [7, 11) is 0. The number of benzene rings is 2. The Hall–Kier alpha value is -3.46. The van der Waals surface area contributed by atoms with Crippen LogP contribution in [0.2, 0.25) is 0 Å². The Labute approximate surface area is 156 Å². The monoisotopic (exact) mass is 384 g/mol. The van der Waals surface area contributed by atoms with Gasteiger partial charge in [-0.3, -0.25) is 0 Å². The van der Waals surface area contributed by atoms with Gasteiger partial charge in [0.2, 0.25) is 6.79 Å². The largest absolute Gasteiger partial charge is 0.478 e. The van der Waals surface area contributed by atoms with Crippen LogP contribution in [0.1, 0.15) is 11.1 Å². The highest BCUT2D eigenvalue weighted by Gasteiger charge is 2.24. The average Bonchev–Trinajstić information content (AvgIpc) is 3.28. The molecule has 27 heavy (non-hydrogen) atoms.